The molecule has 1 unspecified atom stereocenters. The van der Waals surface area contributed by atoms with Gasteiger partial charge < -0.3 is 15.6 Å². The minimum Gasteiger partial charge on any atom is -0.493 e. The van der Waals surface area contributed by atoms with Gasteiger partial charge in [-0.3, -0.25) is 4.79 Å². The molecular weight excluding hydrogens is 237 g/mol. The smallest absolute Gasteiger partial charge is 0.320 e. The number of hydrogen-bond acceptors (Lipinski definition) is 3. The first-order valence-corrected chi connectivity index (χ1v) is 5.71. The van der Waals surface area contributed by atoms with Crippen molar-refractivity contribution >= 4 is 5.97 Å². The Labute approximate surface area is 106 Å². The zero-order valence-corrected chi connectivity index (χ0v) is 10.7. The molecule has 0 fully saturated rings. The first kappa shape index (κ1) is 14.4. The number of aliphatic carboxylic acids is 1. The molecule has 100 valence electrons. The largest absolute Gasteiger partial charge is 0.493 e. The van der Waals surface area contributed by atoms with E-state index < -0.39 is 17.8 Å². The fraction of sp³-hybridized carbons (Fsp3) is 0.462. The molecule has 4 nitrogen and oxygen atoms in total. The predicted molar refractivity (Wildman–Crippen MR) is 66.4 cm³/mol. The number of carboxylic acids is 1. The molecule has 0 saturated carbocycles. The highest BCUT2D eigenvalue weighted by atomic mass is 19.1. The van der Waals surface area contributed by atoms with Gasteiger partial charge in [-0.25, -0.2) is 4.39 Å². The first-order chi connectivity index (χ1) is 8.36. The Kier molecular flexibility index (Phi) is 4.67. The van der Waals surface area contributed by atoms with Gasteiger partial charge >= 0.3 is 5.97 Å². The van der Waals surface area contributed by atoms with Gasteiger partial charge in [0.05, 0.1) is 7.11 Å². The lowest BCUT2D eigenvalue weighted by Gasteiger charge is -2.15. The molecule has 0 aliphatic heterocycles. The number of carboxylic acid groups (broad SMARTS) is 1. The Bertz CT molecular complexity index is 446. The van der Waals surface area contributed by atoms with Crippen molar-refractivity contribution in [2.75, 3.05) is 7.11 Å². The van der Waals surface area contributed by atoms with E-state index in [0.29, 0.717) is 5.56 Å². The van der Waals surface area contributed by atoms with E-state index in [0.717, 1.165) is 5.56 Å². The molecule has 18 heavy (non-hydrogen) atoms. The average molecular weight is 255 g/mol. The lowest BCUT2D eigenvalue weighted by atomic mass is 9.96. The summed E-state index contributed by atoms with van der Waals surface area (Å²) in [7, 11) is 1.35. The molecule has 0 heterocycles. The summed E-state index contributed by atoms with van der Waals surface area (Å²) in [5, 5.41) is 8.80. The van der Waals surface area contributed by atoms with Crippen molar-refractivity contribution in [2.24, 2.45) is 5.73 Å². The van der Waals surface area contributed by atoms with Crippen LogP contribution >= 0.6 is 0 Å². The Morgan fingerprint density at radius 2 is 2.11 bits per heavy atom. The van der Waals surface area contributed by atoms with Gasteiger partial charge in [-0.05, 0) is 23.1 Å². The highest BCUT2D eigenvalue weighted by Gasteiger charge is 2.19. The van der Waals surface area contributed by atoms with E-state index in [9.17, 15) is 9.18 Å². The number of methoxy groups -OCH3 is 1. The molecule has 1 aromatic carbocycles. The topological polar surface area (TPSA) is 72.5 Å². The quantitative estimate of drug-likeness (QED) is 0.843. The van der Waals surface area contributed by atoms with E-state index in [-0.39, 0.29) is 18.1 Å². The lowest BCUT2D eigenvalue weighted by Crippen LogP contribution is -2.32. The predicted octanol–water partition coefficient (Wildman–Crippen LogP) is 1.91. The summed E-state index contributed by atoms with van der Waals surface area (Å²) < 4.78 is 18.8. The molecular formula is C13H18FNO3. The number of carbonyl (C=O) groups is 1. The molecule has 0 aliphatic carbocycles. The van der Waals surface area contributed by atoms with Crippen LogP contribution in [0.2, 0.25) is 0 Å². The summed E-state index contributed by atoms with van der Waals surface area (Å²) in [6.07, 6.45) is 0.0377. The standard InChI is InChI=1S/C13H18FNO3/c1-7(2)8-4-9(6-11(15)13(16)17)12(18-3)10(14)5-8/h4-5,7,11H,6,15H2,1-3H3,(H,16,17). The summed E-state index contributed by atoms with van der Waals surface area (Å²) in [5.41, 5.74) is 6.75. The lowest BCUT2D eigenvalue weighted by molar-refractivity contribution is -0.138. The second-order valence-electron chi connectivity index (χ2n) is 4.50. The molecule has 5 heteroatoms. The number of ether oxygens (including phenoxy) is 1. The fourth-order valence-electron chi connectivity index (χ4n) is 1.71. The minimum atomic E-state index is -1.12. The van der Waals surface area contributed by atoms with Crippen molar-refractivity contribution in [3.8, 4) is 5.75 Å². The maximum atomic E-state index is 13.8. The third kappa shape index (κ3) is 3.20. The van der Waals surface area contributed by atoms with Crippen molar-refractivity contribution < 1.29 is 19.0 Å². The molecule has 0 spiro atoms. The van der Waals surface area contributed by atoms with Crippen LogP contribution in [0.15, 0.2) is 12.1 Å². The van der Waals surface area contributed by atoms with Crippen LogP contribution in [-0.4, -0.2) is 24.2 Å². The maximum absolute atomic E-state index is 13.8. The number of rotatable bonds is 5. The summed E-state index contributed by atoms with van der Waals surface area (Å²) >= 11 is 0. The van der Waals surface area contributed by atoms with Gasteiger partial charge in [0.2, 0.25) is 0 Å². The molecule has 0 amide bonds. The van der Waals surface area contributed by atoms with Crippen molar-refractivity contribution in [2.45, 2.75) is 32.2 Å². The van der Waals surface area contributed by atoms with E-state index in [1.54, 1.807) is 6.07 Å². The van der Waals surface area contributed by atoms with Crippen LogP contribution in [0.3, 0.4) is 0 Å². The molecule has 1 rings (SSSR count). The van der Waals surface area contributed by atoms with E-state index in [1.165, 1.54) is 13.2 Å². The molecule has 3 N–H and O–H groups in total. The van der Waals surface area contributed by atoms with E-state index in [2.05, 4.69) is 0 Å². The third-order valence-corrected chi connectivity index (χ3v) is 2.77. The fourth-order valence-corrected chi connectivity index (χ4v) is 1.71. The zero-order valence-electron chi connectivity index (χ0n) is 10.7. The number of benzene rings is 1. The van der Waals surface area contributed by atoms with Gasteiger partial charge in [-0.2, -0.15) is 0 Å². The van der Waals surface area contributed by atoms with Crippen LogP contribution in [0.1, 0.15) is 30.9 Å². The van der Waals surface area contributed by atoms with Crippen LogP contribution in [-0.2, 0) is 11.2 Å². The van der Waals surface area contributed by atoms with Crippen molar-refractivity contribution in [1.82, 2.24) is 0 Å². The van der Waals surface area contributed by atoms with Crippen molar-refractivity contribution in [3.63, 3.8) is 0 Å². The van der Waals surface area contributed by atoms with Crippen LogP contribution in [0.25, 0.3) is 0 Å². The zero-order chi connectivity index (χ0) is 13.9. The van der Waals surface area contributed by atoms with E-state index in [4.69, 9.17) is 15.6 Å². The van der Waals surface area contributed by atoms with E-state index >= 15 is 0 Å². The second kappa shape index (κ2) is 5.82. The van der Waals surface area contributed by atoms with Gasteiger partial charge in [0.25, 0.3) is 0 Å². The summed E-state index contributed by atoms with van der Waals surface area (Å²) in [6, 6.07) is 2.08. The van der Waals surface area contributed by atoms with Gasteiger partial charge in [0.15, 0.2) is 11.6 Å². The summed E-state index contributed by atoms with van der Waals surface area (Å²) in [4.78, 5) is 10.7. The molecule has 1 atom stereocenters. The highest BCUT2D eigenvalue weighted by Crippen LogP contribution is 2.28. The normalized spacial score (nSPS) is 12.6. The van der Waals surface area contributed by atoms with Crippen molar-refractivity contribution in [1.29, 1.82) is 0 Å². The Hall–Kier alpha value is -1.62. The summed E-state index contributed by atoms with van der Waals surface area (Å²) in [5.74, 6) is -1.40. The number of hydrogen-bond donors (Lipinski definition) is 2. The van der Waals surface area contributed by atoms with Crippen LogP contribution < -0.4 is 10.5 Å². The Morgan fingerprint density at radius 1 is 1.50 bits per heavy atom. The molecule has 0 bridgehead atoms. The molecule has 0 radical (unpaired) electrons. The molecule has 0 aliphatic rings. The minimum absolute atomic E-state index is 0.0377. The summed E-state index contributed by atoms with van der Waals surface area (Å²) in [6.45, 7) is 3.87. The molecule has 0 aromatic heterocycles. The van der Waals surface area contributed by atoms with Gasteiger partial charge in [0.1, 0.15) is 6.04 Å². The third-order valence-electron chi connectivity index (χ3n) is 2.77. The highest BCUT2D eigenvalue weighted by molar-refractivity contribution is 5.73. The van der Waals surface area contributed by atoms with Gasteiger partial charge in [-0.15, -0.1) is 0 Å². The van der Waals surface area contributed by atoms with Crippen LogP contribution in [0, 0.1) is 5.82 Å². The monoisotopic (exact) mass is 255 g/mol. The van der Waals surface area contributed by atoms with Crippen LogP contribution in [0.4, 0.5) is 4.39 Å². The molecule has 1 aromatic rings. The average Bonchev–Trinajstić information content (AvgIpc) is 2.28. The Morgan fingerprint density at radius 3 is 2.56 bits per heavy atom. The number of nitrogens with two attached hydrogens (primary N) is 1. The second-order valence-corrected chi connectivity index (χ2v) is 4.50. The molecule has 0 saturated heterocycles. The Balaban J connectivity index is 3.17. The van der Waals surface area contributed by atoms with E-state index in [1.807, 2.05) is 13.8 Å². The SMILES string of the molecule is COc1c(F)cc(C(C)C)cc1CC(N)C(=O)O. The number of halogens is 1. The van der Waals surface area contributed by atoms with Gasteiger partial charge in [0, 0.05) is 6.42 Å². The van der Waals surface area contributed by atoms with Crippen molar-refractivity contribution in [3.05, 3.63) is 29.1 Å². The first-order valence-electron chi connectivity index (χ1n) is 5.71. The van der Waals surface area contributed by atoms with Crippen LogP contribution in [0.5, 0.6) is 5.75 Å². The van der Waals surface area contributed by atoms with Gasteiger partial charge in [-0.1, -0.05) is 19.9 Å². The maximum Gasteiger partial charge on any atom is 0.320 e.